The number of H-pyrrole nitrogens is 1. The molecule has 5 heterocycles. The fraction of sp³-hybridized carbons (Fsp3) is 0.188. The highest BCUT2D eigenvalue weighted by Gasteiger charge is 2.28. The van der Waals surface area contributed by atoms with E-state index in [-0.39, 0.29) is 11.7 Å². The van der Waals surface area contributed by atoms with Gasteiger partial charge in [-0.25, -0.2) is 0 Å². The Labute approximate surface area is 231 Å². The van der Waals surface area contributed by atoms with Gasteiger partial charge in [-0.05, 0) is 53.6 Å². The molecule has 1 saturated heterocycles. The van der Waals surface area contributed by atoms with Crippen molar-refractivity contribution in [2.24, 2.45) is 0 Å². The zero-order valence-electron chi connectivity index (χ0n) is 21.9. The molecule has 0 spiro atoms. The highest BCUT2D eigenvalue weighted by molar-refractivity contribution is 5.59. The summed E-state index contributed by atoms with van der Waals surface area (Å²) in [4.78, 5) is 21.1. The van der Waals surface area contributed by atoms with Gasteiger partial charge in [-0.2, -0.15) is 0 Å². The van der Waals surface area contributed by atoms with Crippen LogP contribution < -0.4 is 20.5 Å². The molecule has 3 aromatic heterocycles. The van der Waals surface area contributed by atoms with Crippen LogP contribution in [0.4, 0.5) is 11.4 Å². The highest BCUT2D eigenvalue weighted by atomic mass is 16.5. The number of nitrogens with one attached hydrogen (secondary N) is 2. The van der Waals surface area contributed by atoms with Crippen molar-refractivity contribution >= 4 is 11.4 Å². The summed E-state index contributed by atoms with van der Waals surface area (Å²) in [6.07, 6.45) is 10.1. The SMILES string of the molecule is O=c1cc(N2CCOC(c3cccc4c3Oc3ccc(NCc5cncc(-n6cccc6)c5)cc3C4)C2)cc[nH]1. The molecule has 1 atom stereocenters. The molecule has 2 aromatic carbocycles. The molecular weight excluding hydrogens is 502 g/mol. The summed E-state index contributed by atoms with van der Waals surface area (Å²) in [6, 6.07) is 22.3. The molecule has 8 heteroatoms. The van der Waals surface area contributed by atoms with E-state index in [4.69, 9.17) is 9.47 Å². The van der Waals surface area contributed by atoms with Crippen LogP contribution in [0.25, 0.3) is 5.69 Å². The van der Waals surface area contributed by atoms with Crippen molar-refractivity contribution in [1.29, 1.82) is 0 Å². The Balaban J connectivity index is 1.07. The van der Waals surface area contributed by atoms with Crippen LogP contribution in [0.5, 0.6) is 11.5 Å². The van der Waals surface area contributed by atoms with Gasteiger partial charge in [0.15, 0.2) is 0 Å². The molecule has 2 aliphatic rings. The van der Waals surface area contributed by atoms with Gasteiger partial charge in [-0.3, -0.25) is 9.78 Å². The monoisotopic (exact) mass is 531 g/mol. The van der Waals surface area contributed by atoms with Crippen molar-refractivity contribution in [1.82, 2.24) is 14.5 Å². The number of aromatic amines is 1. The topological polar surface area (TPSA) is 84.4 Å². The molecule has 0 amide bonds. The summed E-state index contributed by atoms with van der Waals surface area (Å²) >= 11 is 0. The largest absolute Gasteiger partial charge is 0.456 e. The third-order valence-corrected chi connectivity index (χ3v) is 7.50. The van der Waals surface area contributed by atoms with Crippen LogP contribution in [-0.4, -0.2) is 34.2 Å². The molecule has 40 heavy (non-hydrogen) atoms. The number of benzene rings is 2. The van der Waals surface area contributed by atoms with Crippen molar-refractivity contribution in [3.8, 4) is 17.2 Å². The molecule has 5 aromatic rings. The number of nitrogens with zero attached hydrogens (tertiary/aromatic N) is 3. The van der Waals surface area contributed by atoms with Gasteiger partial charge in [-0.1, -0.05) is 18.2 Å². The molecule has 1 fully saturated rings. The minimum absolute atomic E-state index is 0.103. The molecular formula is C32H29N5O3. The lowest BCUT2D eigenvalue weighted by Crippen LogP contribution is -2.39. The van der Waals surface area contributed by atoms with Crippen molar-refractivity contribution < 1.29 is 9.47 Å². The normalized spacial score (nSPS) is 16.1. The van der Waals surface area contributed by atoms with Crippen molar-refractivity contribution in [2.45, 2.75) is 19.1 Å². The number of morpholine rings is 1. The first-order valence-electron chi connectivity index (χ1n) is 13.5. The quantitative estimate of drug-likeness (QED) is 0.298. The van der Waals surface area contributed by atoms with Crippen LogP contribution >= 0.6 is 0 Å². The smallest absolute Gasteiger partial charge is 0.249 e. The lowest BCUT2D eigenvalue weighted by atomic mass is 9.95. The van der Waals surface area contributed by atoms with E-state index in [0.29, 0.717) is 19.7 Å². The third kappa shape index (κ3) is 4.85. The molecule has 0 aliphatic carbocycles. The van der Waals surface area contributed by atoms with Crippen LogP contribution in [0.2, 0.25) is 0 Å². The second-order valence-corrected chi connectivity index (χ2v) is 10.1. The van der Waals surface area contributed by atoms with Crippen molar-refractivity contribution in [3.63, 3.8) is 0 Å². The number of ether oxygens (including phenoxy) is 2. The Morgan fingerprint density at radius 1 is 0.975 bits per heavy atom. The summed E-state index contributed by atoms with van der Waals surface area (Å²) in [7, 11) is 0. The van der Waals surface area contributed by atoms with E-state index in [9.17, 15) is 4.79 Å². The van der Waals surface area contributed by atoms with Crippen LogP contribution in [0.1, 0.15) is 28.4 Å². The summed E-state index contributed by atoms with van der Waals surface area (Å²) in [5.41, 5.74) is 7.31. The van der Waals surface area contributed by atoms with Crippen molar-refractivity contribution in [2.75, 3.05) is 29.9 Å². The summed E-state index contributed by atoms with van der Waals surface area (Å²) < 4.78 is 14.8. The van der Waals surface area contributed by atoms with E-state index >= 15 is 0 Å². The number of hydrogen-bond acceptors (Lipinski definition) is 6. The fourth-order valence-electron chi connectivity index (χ4n) is 5.49. The second-order valence-electron chi connectivity index (χ2n) is 10.1. The maximum absolute atomic E-state index is 11.8. The van der Waals surface area contributed by atoms with E-state index in [0.717, 1.165) is 63.8 Å². The predicted molar refractivity (Wildman–Crippen MR) is 155 cm³/mol. The number of anilines is 2. The number of pyridine rings is 2. The highest BCUT2D eigenvalue weighted by Crippen LogP contribution is 2.43. The molecule has 0 saturated carbocycles. The van der Waals surface area contributed by atoms with Crippen LogP contribution in [-0.2, 0) is 17.7 Å². The van der Waals surface area contributed by atoms with E-state index < -0.39 is 0 Å². The van der Waals surface area contributed by atoms with E-state index in [1.54, 1.807) is 12.3 Å². The molecule has 200 valence electrons. The van der Waals surface area contributed by atoms with Gasteiger partial charge in [0.05, 0.1) is 18.5 Å². The minimum Gasteiger partial charge on any atom is -0.456 e. The number of fused-ring (bicyclic) bond motifs is 2. The molecule has 8 nitrogen and oxygen atoms in total. The van der Waals surface area contributed by atoms with Crippen LogP contribution in [0, 0.1) is 0 Å². The van der Waals surface area contributed by atoms with Gasteiger partial charge in [0.2, 0.25) is 5.56 Å². The minimum atomic E-state index is -0.151. The molecule has 0 bridgehead atoms. The van der Waals surface area contributed by atoms with Crippen LogP contribution in [0.3, 0.4) is 0 Å². The molecule has 2 N–H and O–H groups in total. The Kier molecular flexibility index (Phi) is 6.30. The maximum Gasteiger partial charge on any atom is 0.249 e. The number of aromatic nitrogens is 3. The Bertz CT molecular complexity index is 1710. The fourth-order valence-corrected chi connectivity index (χ4v) is 5.49. The standard InChI is InChI=1S/C32H29N5O3/c38-31-17-26(8-9-34-31)37-12-13-39-30(21-37)28-5-3-4-23-15-24-16-25(6-7-29(24)40-32(23)28)35-19-22-14-27(20-33-18-22)36-10-1-2-11-36/h1-11,14,16-18,20,30,35H,12-13,15,19,21H2,(H,34,38). The summed E-state index contributed by atoms with van der Waals surface area (Å²) in [6.45, 7) is 2.64. The zero-order valence-corrected chi connectivity index (χ0v) is 21.9. The molecule has 0 radical (unpaired) electrons. The Morgan fingerprint density at radius 3 is 2.80 bits per heavy atom. The number of para-hydroxylation sites is 1. The molecule has 7 rings (SSSR count). The summed E-state index contributed by atoms with van der Waals surface area (Å²) in [5, 5.41) is 3.54. The van der Waals surface area contributed by atoms with E-state index in [1.165, 1.54) is 0 Å². The first kappa shape index (κ1) is 24.2. The first-order chi connectivity index (χ1) is 19.7. The number of rotatable bonds is 6. The average molecular weight is 532 g/mol. The van der Waals surface area contributed by atoms with Gasteiger partial charge in [0, 0.05) is 79.4 Å². The Morgan fingerprint density at radius 2 is 1.90 bits per heavy atom. The van der Waals surface area contributed by atoms with Crippen molar-refractivity contribution in [3.05, 3.63) is 130 Å². The van der Waals surface area contributed by atoms with Gasteiger partial charge in [0.1, 0.15) is 17.6 Å². The zero-order chi connectivity index (χ0) is 26.9. The summed E-state index contributed by atoms with van der Waals surface area (Å²) in [5.74, 6) is 1.74. The third-order valence-electron chi connectivity index (χ3n) is 7.50. The first-order valence-corrected chi connectivity index (χ1v) is 13.5. The van der Waals surface area contributed by atoms with E-state index in [2.05, 4.69) is 61.1 Å². The lowest BCUT2D eigenvalue weighted by molar-refractivity contribution is 0.0384. The lowest BCUT2D eigenvalue weighted by Gasteiger charge is -2.36. The van der Waals surface area contributed by atoms with Gasteiger partial charge in [-0.15, -0.1) is 0 Å². The second kappa shape index (κ2) is 10.4. The number of hydrogen-bond donors (Lipinski definition) is 2. The van der Waals surface area contributed by atoms with E-state index in [1.807, 2.05) is 49.1 Å². The molecule has 1 unspecified atom stereocenters. The predicted octanol–water partition coefficient (Wildman–Crippen LogP) is 5.45. The maximum atomic E-state index is 11.8. The van der Waals surface area contributed by atoms with Gasteiger partial charge >= 0.3 is 0 Å². The Hall–Kier alpha value is -4.82. The molecule has 2 aliphatic heterocycles. The van der Waals surface area contributed by atoms with Gasteiger partial charge in [0.25, 0.3) is 0 Å². The van der Waals surface area contributed by atoms with Crippen LogP contribution in [0.15, 0.2) is 103 Å². The average Bonchev–Trinajstić information content (AvgIpc) is 3.54. The van der Waals surface area contributed by atoms with Gasteiger partial charge < -0.3 is 29.2 Å².